The lowest BCUT2D eigenvalue weighted by Crippen LogP contribution is -2.45. The first-order valence-corrected chi connectivity index (χ1v) is 9.87. The molecule has 3 N–H and O–H groups in total. The van der Waals surface area contributed by atoms with Crippen LogP contribution < -0.4 is 16.0 Å². The van der Waals surface area contributed by atoms with Gasteiger partial charge in [0.15, 0.2) is 5.96 Å². The van der Waals surface area contributed by atoms with Gasteiger partial charge in [-0.2, -0.15) is 0 Å². The summed E-state index contributed by atoms with van der Waals surface area (Å²) in [5.41, 5.74) is 2.48. The highest BCUT2D eigenvalue weighted by Crippen LogP contribution is 2.26. The van der Waals surface area contributed by atoms with E-state index >= 15 is 0 Å². The number of nitrogens with zero attached hydrogens (tertiary/aromatic N) is 2. The standard InChI is InChI=1S/C17H25N5OS2/c1-12-14(25-11-22-12)15(23)19-7-8-20-16(18-4)21-10-17(2,3)13-6-5-9-24-13/h5-6,9,11H,7-8,10H2,1-4H3,(H,19,23)(H2,18,20,21). The largest absolute Gasteiger partial charge is 0.356 e. The number of thiophene rings is 1. The minimum Gasteiger partial charge on any atom is -0.356 e. The zero-order chi connectivity index (χ0) is 18.3. The molecule has 2 heterocycles. The van der Waals surface area contributed by atoms with Crippen LogP contribution in [0.1, 0.15) is 34.1 Å². The second-order valence-electron chi connectivity index (χ2n) is 6.24. The quantitative estimate of drug-likeness (QED) is 0.392. The lowest BCUT2D eigenvalue weighted by molar-refractivity contribution is 0.0957. The van der Waals surface area contributed by atoms with Crippen molar-refractivity contribution in [1.29, 1.82) is 0 Å². The van der Waals surface area contributed by atoms with Crippen LogP contribution in [0.25, 0.3) is 0 Å². The van der Waals surface area contributed by atoms with Gasteiger partial charge in [0, 0.05) is 37.0 Å². The lowest BCUT2D eigenvalue weighted by Gasteiger charge is -2.25. The van der Waals surface area contributed by atoms with E-state index in [2.05, 4.69) is 57.3 Å². The molecule has 0 saturated carbocycles. The molecule has 0 bridgehead atoms. The van der Waals surface area contributed by atoms with Gasteiger partial charge >= 0.3 is 0 Å². The summed E-state index contributed by atoms with van der Waals surface area (Å²) < 4.78 is 0. The predicted molar refractivity (Wildman–Crippen MR) is 106 cm³/mol. The zero-order valence-electron chi connectivity index (χ0n) is 15.0. The fraction of sp³-hybridized carbons (Fsp3) is 0.471. The maximum atomic E-state index is 12.0. The summed E-state index contributed by atoms with van der Waals surface area (Å²) in [5, 5.41) is 11.5. The molecule has 0 atom stereocenters. The molecule has 0 unspecified atom stereocenters. The molecule has 2 rings (SSSR count). The van der Waals surface area contributed by atoms with Crippen molar-refractivity contribution in [2.45, 2.75) is 26.2 Å². The van der Waals surface area contributed by atoms with Gasteiger partial charge in [-0.15, -0.1) is 22.7 Å². The number of carbonyl (C=O) groups excluding carboxylic acids is 1. The molecular formula is C17H25N5OS2. The van der Waals surface area contributed by atoms with Gasteiger partial charge in [-0.25, -0.2) is 4.98 Å². The molecule has 0 spiro atoms. The predicted octanol–water partition coefficient (Wildman–Crippen LogP) is 2.39. The van der Waals surface area contributed by atoms with Crippen LogP contribution in [0.5, 0.6) is 0 Å². The maximum absolute atomic E-state index is 12.0. The monoisotopic (exact) mass is 379 g/mol. The Morgan fingerprint density at radius 2 is 2.00 bits per heavy atom. The number of hydrogen-bond donors (Lipinski definition) is 3. The van der Waals surface area contributed by atoms with Crippen LogP contribution in [0.3, 0.4) is 0 Å². The van der Waals surface area contributed by atoms with Crippen LogP contribution in [-0.4, -0.2) is 43.5 Å². The summed E-state index contributed by atoms with van der Waals surface area (Å²) in [4.78, 5) is 22.3. The molecule has 136 valence electrons. The number of aliphatic imine (C=N–C) groups is 1. The summed E-state index contributed by atoms with van der Waals surface area (Å²) >= 11 is 3.12. The van der Waals surface area contributed by atoms with Crippen LogP contribution in [0, 0.1) is 6.92 Å². The topological polar surface area (TPSA) is 78.4 Å². The van der Waals surface area contributed by atoms with Crippen molar-refractivity contribution in [2.75, 3.05) is 26.7 Å². The van der Waals surface area contributed by atoms with Crippen molar-refractivity contribution in [2.24, 2.45) is 4.99 Å². The van der Waals surface area contributed by atoms with E-state index in [-0.39, 0.29) is 11.3 Å². The molecule has 0 radical (unpaired) electrons. The third-order valence-electron chi connectivity index (χ3n) is 3.76. The number of carbonyl (C=O) groups is 1. The number of aromatic nitrogens is 1. The summed E-state index contributed by atoms with van der Waals surface area (Å²) in [6.07, 6.45) is 0. The third kappa shape index (κ3) is 5.54. The number of hydrogen-bond acceptors (Lipinski definition) is 5. The van der Waals surface area contributed by atoms with Crippen LogP contribution in [0.4, 0.5) is 0 Å². The Hall–Kier alpha value is -1.93. The Labute approximate surface area is 156 Å². The van der Waals surface area contributed by atoms with E-state index in [9.17, 15) is 4.79 Å². The molecule has 8 heteroatoms. The van der Waals surface area contributed by atoms with E-state index in [1.165, 1.54) is 16.2 Å². The molecule has 0 aliphatic heterocycles. The minimum atomic E-state index is -0.0800. The van der Waals surface area contributed by atoms with Crippen molar-refractivity contribution >= 4 is 34.5 Å². The Bertz CT molecular complexity index is 706. The van der Waals surface area contributed by atoms with E-state index in [0.717, 1.165) is 18.2 Å². The highest BCUT2D eigenvalue weighted by molar-refractivity contribution is 7.11. The summed E-state index contributed by atoms with van der Waals surface area (Å²) in [5.74, 6) is 0.649. The van der Waals surface area contributed by atoms with Crippen molar-refractivity contribution in [1.82, 2.24) is 20.9 Å². The van der Waals surface area contributed by atoms with Crippen LogP contribution in [0.15, 0.2) is 28.0 Å². The first-order chi connectivity index (χ1) is 11.9. The average Bonchev–Trinajstić information content (AvgIpc) is 3.25. The fourth-order valence-corrected chi connectivity index (χ4v) is 3.80. The first-order valence-electron chi connectivity index (χ1n) is 8.11. The number of thiazole rings is 1. The van der Waals surface area contributed by atoms with Crippen molar-refractivity contribution < 1.29 is 4.79 Å². The first kappa shape index (κ1) is 19.4. The Morgan fingerprint density at radius 3 is 2.60 bits per heavy atom. The van der Waals surface area contributed by atoms with E-state index in [0.29, 0.717) is 18.0 Å². The smallest absolute Gasteiger partial charge is 0.263 e. The molecule has 0 aromatic carbocycles. The molecule has 2 aromatic heterocycles. The molecule has 2 aromatic rings. The maximum Gasteiger partial charge on any atom is 0.263 e. The Kier molecular flexibility index (Phi) is 6.95. The normalized spacial score (nSPS) is 12.1. The molecule has 6 nitrogen and oxygen atoms in total. The summed E-state index contributed by atoms with van der Waals surface area (Å²) in [7, 11) is 1.74. The second-order valence-corrected chi connectivity index (χ2v) is 8.04. The summed E-state index contributed by atoms with van der Waals surface area (Å²) in [6, 6.07) is 4.22. The number of nitrogens with one attached hydrogen (secondary N) is 3. The van der Waals surface area contributed by atoms with Crippen LogP contribution in [-0.2, 0) is 5.41 Å². The average molecular weight is 380 g/mol. The molecule has 0 saturated heterocycles. The van der Waals surface area contributed by atoms with Crippen LogP contribution in [0.2, 0.25) is 0 Å². The highest BCUT2D eigenvalue weighted by atomic mass is 32.1. The van der Waals surface area contributed by atoms with Gasteiger partial charge in [0.05, 0.1) is 11.2 Å². The Morgan fingerprint density at radius 1 is 1.24 bits per heavy atom. The van der Waals surface area contributed by atoms with E-state index in [1.54, 1.807) is 23.9 Å². The SMILES string of the molecule is CN=C(NCCNC(=O)c1scnc1C)NCC(C)(C)c1cccs1. The number of guanidine groups is 1. The molecule has 25 heavy (non-hydrogen) atoms. The van der Waals surface area contributed by atoms with Gasteiger partial charge in [-0.1, -0.05) is 19.9 Å². The molecule has 0 aliphatic carbocycles. The van der Waals surface area contributed by atoms with Gasteiger partial charge in [0.1, 0.15) is 4.88 Å². The van der Waals surface area contributed by atoms with Gasteiger partial charge in [-0.05, 0) is 18.4 Å². The second kappa shape index (κ2) is 8.96. The zero-order valence-corrected chi connectivity index (χ0v) is 16.7. The van der Waals surface area contributed by atoms with E-state index < -0.39 is 0 Å². The van der Waals surface area contributed by atoms with Gasteiger partial charge in [0.2, 0.25) is 0 Å². The Balaban J connectivity index is 1.72. The number of aryl methyl sites for hydroxylation is 1. The third-order valence-corrected chi connectivity index (χ3v) is 5.93. The van der Waals surface area contributed by atoms with Crippen molar-refractivity contribution in [3.8, 4) is 0 Å². The molecule has 1 amide bonds. The van der Waals surface area contributed by atoms with Crippen molar-refractivity contribution in [3.05, 3.63) is 38.5 Å². The molecule has 0 aliphatic rings. The number of amides is 1. The highest BCUT2D eigenvalue weighted by Gasteiger charge is 2.21. The van der Waals surface area contributed by atoms with E-state index in [1.807, 2.05) is 6.92 Å². The number of rotatable bonds is 7. The summed E-state index contributed by atoms with van der Waals surface area (Å²) in [6.45, 7) is 8.14. The van der Waals surface area contributed by atoms with Gasteiger partial charge in [0.25, 0.3) is 5.91 Å². The van der Waals surface area contributed by atoms with Crippen molar-refractivity contribution in [3.63, 3.8) is 0 Å². The molecular weight excluding hydrogens is 354 g/mol. The lowest BCUT2D eigenvalue weighted by atomic mass is 9.91. The fourth-order valence-electron chi connectivity index (χ4n) is 2.23. The molecule has 0 fully saturated rings. The van der Waals surface area contributed by atoms with E-state index in [4.69, 9.17) is 0 Å². The van der Waals surface area contributed by atoms with Gasteiger partial charge < -0.3 is 16.0 Å². The van der Waals surface area contributed by atoms with Crippen LogP contribution >= 0.6 is 22.7 Å². The van der Waals surface area contributed by atoms with Gasteiger partial charge in [-0.3, -0.25) is 9.79 Å². The minimum absolute atomic E-state index is 0.0314.